The Bertz CT molecular complexity index is 578. The van der Waals surface area contributed by atoms with E-state index in [0.29, 0.717) is 23.8 Å². The van der Waals surface area contributed by atoms with Crippen molar-refractivity contribution in [2.24, 2.45) is 0 Å². The molecule has 0 amide bonds. The molecule has 140 valence electrons. The molecule has 1 fully saturated rings. The number of benzene rings is 1. The highest BCUT2D eigenvalue weighted by Gasteiger charge is 2.21. The van der Waals surface area contributed by atoms with Gasteiger partial charge in [-0.1, -0.05) is 11.6 Å². The van der Waals surface area contributed by atoms with E-state index in [1.165, 1.54) is 0 Å². The number of hydrogen-bond donors (Lipinski definition) is 2. The fourth-order valence-corrected chi connectivity index (χ4v) is 3.14. The Morgan fingerprint density at radius 2 is 1.84 bits per heavy atom. The van der Waals surface area contributed by atoms with Crippen LogP contribution in [0.3, 0.4) is 0 Å². The summed E-state index contributed by atoms with van der Waals surface area (Å²) in [5.74, 6) is -2.82. The van der Waals surface area contributed by atoms with Crippen LogP contribution in [-0.2, 0) is 14.3 Å². The van der Waals surface area contributed by atoms with Gasteiger partial charge < -0.3 is 19.7 Å². The van der Waals surface area contributed by atoms with Crippen LogP contribution in [0.25, 0.3) is 0 Å². The summed E-state index contributed by atoms with van der Waals surface area (Å²) in [6.45, 7) is 7.73. The third-order valence-electron chi connectivity index (χ3n) is 3.24. The highest BCUT2D eigenvalue weighted by molar-refractivity contribution is 9.10. The van der Waals surface area contributed by atoms with E-state index in [2.05, 4.69) is 34.7 Å². The van der Waals surface area contributed by atoms with Crippen molar-refractivity contribution in [1.29, 1.82) is 0 Å². The first-order valence-electron chi connectivity index (χ1n) is 7.61. The Kier molecular flexibility index (Phi) is 9.20. The zero-order chi connectivity index (χ0) is 19.0. The van der Waals surface area contributed by atoms with E-state index < -0.39 is 11.9 Å². The molecule has 0 radical (unpaired) electrons. The van der Waals surface area contributed by atoms with E-state index in [4.69, 9.17) is 40.9 Å². The lowest BCUT2D eigenvalue weighted by Gasteiger charge is -2.35. The van der Waals surface area contributed by atoms with Gasteiger partial charge in [0.25, 0.3) is 0 Å². The fourth-order valence-electron chi connectivity index (χ4n) is 2.34. The molecule has 0 aromatic heterocycles. The summed E-state index contributed by atoms with van der Waals surface area (Å²) in [5.41, 5.74) is 0. The van der Waals surface area contributed by atoms with Crippen LogP contribution in [0.15, 0.2) is 22.7 Å². The zero-order valence-corrected chi connectivity index (χ0v) is 16.3. The summed E-state index contributed by atoms with van der Waals surface area (Å²) in [5, 5.41) is 15.5. The molecule has 0 spiro atoms. The predicted molar refractivity (Wildman–Crippen MR) is 96.4 cm³/mol. The SMILES string of the molecule is CC1CN(CCOc2ccc(Cl)cc2Br)CC(C)O1.O=C(O)C(=O)O. The average molecular weight is 439 g/mol. The Labute approximate surface area is 159 Å². The molecule has 2 N–H and O–H groups in total. The van der Waals surface area contributed by atoms with E-state index in [9.17, 15) is 0 Å². The van der Waals surface area contributed by atoms with Crippen molar-refractivity contribution in [3.05, 3.63) is 27.7 Å². The highest BCUT2D eigenvalue weighted by atomic mass is 79.9. The second kappa shape index (κ2) is 10.6. The summed E-state index contributed by atoms with van der Waals surface area (Å²) in [6, 6.07) is 5.56. The standard InChI is InChI=1S/C14H19BrClNO2.C2H2O4/c1-10-8-17(9-11(2)19-10)5-6-18-14-4-3-12(16)7-13(14)15;3-1(4)2(5)6/h3-4,7,10-11H,5-6,8-9H2,1-2H3;(H,3,4)(H,5,6). The quantitative estimate of drug-likeness (QED) is 0.698. The maximum absolute atomic E-state index is 9.10. The third kappa shape index (κ3) is 8.53. The van der Waals surface area contributed by atoms with Crippen molar-refractivity contribution in [2.45, 2.75) is 26.1 Å². The first-order valence-corrected chi connectivity index (χ1v) is 8.78. The summed E-state index contributed by atoms with van der Waals surface area (Å²) in [6.07, 6.45) is 0.594. The van der Waals surface area contributed by atoms with Crippen LogP contribution >= 0.6 is 27.5 Å². The van der Waals surface area contributed by atoms with Crippen molar-refractivity contribution in [3.63, 3.8) is 0 Å². The Morgan fingerprint density at radius 1 is 1.28 bits per heavy atom. The summed E-state index contributed by atoms with van der Waals surface area (Å²) >= 11 is 9.35. The summed E-state index contributed by atoms with van der Waals surface area (Å²) < 4.78 is 12.4. The van der Waals surface area contributed by atoms with Gasteiger partial charge in [0, 0.05) is 24.7 Å². The molecule has 1 aliphatic rings. The van der Waals surface area contributed by atoms with Gasteiger partial charge in [0.15, 0.2) is 0 Å². The number of nitrogens with zero attached hydrogens (tertiary/aromatic N) is 1. The van der Waals surface area contributed by atoms with E-state index in [1.807, 2.05) is 18.2 Å². The van der Waals surface area contributed by atoms with E-state index in [-0.39, 0.29) is 0 Å². The van der Waals surface area contributed by atoms with Crippen molar-refractivity contribution in [2.75, 3.05) is 26.2 Å². The van der Waals surface area contributed by atoms with Gasteiger partial charge in [-0.2, -0.15) is 0 Å². The number of halogens is 2. The molecule has 1 aromatic carbocycles. The molecule has 0 aliphatic carbocycles. The molecule has 25 heavy (non-hydrogen) atoms. The minimum atomic E-state index is -1.82. The number of carbonyl (C=O) groups is 2. The van der Waals surface area contributed by atoms with Gasteiger partial charge in [0.05, 0.1) is 16.7 Å². The second-order valence-electron chi connectivity index (χ2n) is 5.55. The maximum Gasteiger partial charge on any atom is 0.414 e. The number of aliphatic carboxylic acids is 2. The monoisotopic (exact) mass is 437 g/mol. The van der Waals surface area contributed by atoms with Gasteiger partial charge in [-0.05, 0) is 48.0 Å². The smallest absolute Gasteiger partial charge is 0.414 e. The van der Waals surface area contributed by atoms with Crippen LogP contribution < -0.4 is 4.74 Å². The minimum Gasteiger partial charge on any atom is -0.491 e. The Hall–Kier alpha value is -1.35. The van der Waals surface area contributed by atoms with Gasteiger partial charge in [-0.3, -0.25) is 4.90 Å². The van der Waals surface area contributed by atoms with Gasteiger partial charge in [-0.15, -0.1) is 0 Å². The van der Waals surface area contributed by atoms with Crippen molar-refractivity contribution in [3.8, 4) is 5.75 Å². The van der Waals surface area contributed by atoms with Crippen molar-refractivity contribution >= 4 is 39.5 Å². The molecule has 0 bridgehead atoms. The molecule has 1 saturated heterocycles. The van der Waals surface area contributed by atoms with Crippen LogP contribution in [-0.4, -0.2) is 65.5 Å². The molecule has 1 heterocycles. The van der Waals surface area contributed by atoms with E-state index >= 15 is 0 Å². The van der Waals surface area contributed by atoms with Crippen molar-refractivity contribution in [1.82, 2.24) is 4.90 Å². The zero-order valence-electron chi connectivity index (χ0n) is 13.9. The predicted octanol–water partition coefficient (Wildman–Crippen LogP) is 2.75. The largest absolute Gasteiger partial charge is 0.491 e. The molecule has 1 aromatic rings. The first kappa shape index (κ1) is 21.7. The number of morpholine rings is 1. The number of ether oxygens (including phenoxy) is 2. The molecule has 0 saturated carbocycles. The first-order chi connectivity index (χ1) is 11.7. The Morgan fingerprint density at radius 3 is 2.32 bits per heavy atom. The molecule has 2 rings (SSSR count). The van der Waals surface area contributed by atoms with Crippen molar-refractivity contribution < 1.29 is 29.3 Å². The highest BCUT2D eigenvalue weighted by Crippen LogP contribution is 2.27. The van der Waals surface area contributed by atoms with E-state index in [1.54, 1.807) is 0 Å². The number of carboxylic acid groups (broad SMARTS) is 2. The lowest BCUT2D eigenvalue weighted by Crippen LogP contribution is -2.46. The minimum absolute atomic E-state index is 0.297. The molecule has 1 aliphatic heterocycles. The molecular formula is C16H21BrClNO6. The van der Waals surface area contributed by atoms with E-state index in [0.717, 1.165) is 29.9 Å². The summed E-state index contributed by atoms with van der Waals surface area (Å²) in [7, 11) is 0. The molecule has 2 unspecified atom stereocenters. The number of hydrogen-bond acceptors (Lipinski definition) is 5. The lowest BCUT2D eigenvalue weighted by atomic mass is 10.2. The maximum atomic E-state index is 9.10. The second-order valence-corrected chi connectivity index (χ2v) is 6.84. The van der Waals surface area contributed by atoms with Gasteiger partial charge in [0.2, 0.25) is 0 Å². The lowest BCUT2D eigenvalue weighted by molar-refractivity contribution is -0.159. The third-order valence-corrected chi connectivity index (χ3v) is 4.09. The summed E-state index contributed by atoms with van der Waals surface area (Å²) in [4.78, 5) is 20.6. The van der Waals surface area contributed by atoms with Crippen LogP contribution in [0, 0.1) is 0 Å². The van der Waals surface area contributed by atoms with Gasteiger partial charge in [0.1, 0.15) is 12.4 Å². The van der Waals surface area contributed by atoms with Crippen LogP contribution in [0.2, 0.25) is 5.02 Å². The van der Waals surface area contributed by atoms with Crippen LogP contribution in [0.5, 0.6) is 5.75 Å². The number of carboxylic acids is 2. The normalized spacial score (nSPS) is 20.3. The van der Waals surface area contributed by atoms with Crippen LogP contribution in [0.1, 0.15) is 13.8 Å². The average Bonchev–Trinajstić information content (AvgIpc) is 2.49. The molecule has 2 atom stereocenters. The topological polar surface area (TPSA) is 96.3 Å². The van der Waals surface area contributed by atoms with Crippen LogP contribution in [0.4, 0.5) is 0 Å². The molecular weight excluding hydrogens is 418 g/mol. The Balaban J connectivity index is 0.000000450. The number of rotatable bonds is 4. The molecule has 7 nitrogen and oxygen atoms in total. The fraction of sp³-hybridized carbons (Fsp3) is 0.500. The molecule has 9 heteroatoms. The van der Waals surface area contributed by atoms with Gasteiger partial charge in [-0.25, -0.2) is 9.59 Å². The van der Waals surface area contributed by atoms with Gasteiger partial charge >= 0.3 is 11.9 Å².